The Bertz CT molecular complexity index is 905. The van der Waals surface area contributed by atoms with Crippen LogP contribution < -0.4 is 0 Å². The zero-order valence-electron chi connectivity index (χ0n) is 14.0. The van der Waals surface area contributed by atoms with Gasteiger partial charge in [0.15, 0.2) is 4.77 Å². The lowest BCUT2D eigenvalue weighted by Crippen LogP contribution is -2.35. The van der Waals surface area contributed by atoms with Gasteiger partial charge in [0.25, 0.3) is 0 Å². The monoisotopic (exact) mass is 371 g/mol. The molecule has 4 rings (SSSR count). The Labute approximate surface area is 156 Å². The van der Waals surface area contributed by atoms with Crippen LogP contribution in [0.1, 0.15) is 30.3 Å². The second kappa shape index (κ2) is 7.19. The molecule has 3 aromatic rings. The van der Waals surface area contributed by atoms with E-state index in [1.54, 1.807) is 6.33 Å². The summed E-state index contributed by atoms with van der Waals surface area (Å²) in [6.45, 7) is 6.23. The van der Waals surface area contributed by atoms with Gasteiger partial charge < -0.3 is 4.57 Å². The molecule has 0 aliphatic carbocycles. The molecule has 1 aliphatic heterocycles. The van der Waals surface area contributed by atoms with E-state index in [1.165, 1.54) is 22.5 Å². The lowest BCUT2D eigenvalue weighted by atomic mass is 10.0. The summed E-state index contributed by atoms with van der Waals surface area (Å²) in [5.41, 5.74) is 1.10. The zero-order chi connectivity index (χ0) is 17.2. The number of fused-ring (bicyclic) bond motifs is 1. The van der Waals surface area contributed by atoms with Crippen molar-refractivity contribution in [2.45, 2.75) is 38.5 Å². The quantitative estimate of drug-likeness (QED) is 0.492. The van der Waals surface area contributed by atoms with Gasteiger partial charge in [-0.25, -0.2) is 9.67 Å². The Morgan fingerprint density at radius 2 is 2.20 bits per heavy atom. The van der Waals surface area contributed by atoms with Crippen LogP contribution in [0.5, 0.6) is 0 Å². The van der Waals surface area contributed by atoms with Crippen LogP contribution >= 0.6 is 23.6 Å². The Morgan fingerprint density at radius 1 is 1.32 bits per heavy atom. The van der Waals surface area contributed by atoms with Gasteiger partial charge in [0, 0.05) is 13.1 Å². The van der Waals surface area contributed by atoms with E-state index in [4.69, 9.17) is 17.2 Å². The summed E-state index contributed by atoms with van der Waals surface area (Å²) in [7, 11) is 0. The van der Waals surface area contributed by atoms with Crippen LogP contribution in [-0.2, 0) is 13.2 Å². The van der Waals surface area contributed by atoms with Gasteiger partial charge in [-0.2, -0.15) is 5.10 Å². The third kappa shape index (κ3) is 3.31. The van der Waals surface area contributed by atoms with E-state index in [-0.39, 0.29) is 0 Å². The van der Waals surface area contributed by atoms with Crippen LogP contribution in [0.2, 0.25) is 0 Å². The number of nitrogens with zero attached hydrogens (tertiary/aromatic N) is 5. The summed E-state index contributed by atoms with van der Waals surface area (Å²) >= 11 is 7.35. The number of aromatic nitrogens is 4. The molecule has 0 amide bonds. The maximum Gasteiger partial charge on any atom is 0.199 e. The number of para-hydroxylation sites is 1. The fourth-order valence-corrected chi connectivity index (χ4v) is 4.74. The van der Waals surface area contributed by atoms with Crippen molar-refractivity contribution in [3.63, 3.8) is 0 Å². The Balaban J connectivity index is 1.61. The first-order valence-electron chi connectivity index (χ1n) is 8.59. The number of rotatable bonds is 5. The van der Waals surface area contributed by atoms with E-state index in [1.807, 2.05) is 26.7 Å². The molecule has 25 heavy (non-hydrogen) atoms. The van der Waals surface area contributed by atoms with Gasteiger partial charge in [0.1, 0.15) is 11.3 Å². The molecule has 0 spiro atoms. The molecule has 2 aromatic heterocycles. The van der Waals surface area contributed by atoms with Gasteiger partial charge in [-0.3, -0.25) is 4.90 Å². The molecule has 0 radical (unpaired) electrons. The van der Waals surface area contributed by atoms with Crippen LogP contribution in [0.25, 0.3) is 10.2 Å². The first-order chi connectivity index (χ1) is 12.3. The van der Waals surface area contributed by atoms with E-state index in [2.05, 4.69) is 40.8 Å². The Morgan fingerprint density at radius 3 is 3.04 bits per heavy atom. The molecule has 0 unspecified atom stereocenters. The highest BCUT2D eigenvalue weighted by Gasteiger charge is 2.27. The van der Waals surface area contributed by atoms with Gasteiger partial charge in [-0.15, -0.1) is 17.9 Å². The molecule has 1 atom stereocenters. The molecule has 0 N–H and O–H groups in total. The molecule has 5 nitrogen and oxygen atoms in total. The minimum absolute atomic E-state index is 0.345. The molecule has 0 bridgehead atoms. The lowest BCUT2D eigenvalue weighted by Gasteiger charge is -2.34. The molecule has 3 heterocycles. The normalized spacial score (nSPS) is 18.6. The van der Waals surface area contributed by atoms with Crippen molar-refractivity contribution >= 4 is 33.8 Å². The Hall–Kier alpha value is -1.83. The molecule has 7 heteroatoms. The van der Waals surface area contributed by atoms with Gasteiger partial charge in [-0.1, -0.05) is 24.6 Å². The summed E-state index contributed by atoms with van der Waals surface area (Å²) in [6.07, 6.45) is 7.23. The predicted octanol–water partition coefficient (Wildman–Crippen LogP) is 4.39. The van der Waals surface area contributed by atoms with Gasteiger partial charge in [0.05, 0.1) is 22.9 Å². The number of thiazole rings is 1. The molecule has 1 aromatic carbocycles. The second-order valence-electron chi connectivity index (χ2n) is 6.34. The van der Waals surface area contributed by atoms with Crippen molar-refractivity contribution in [3.05, 3.63) is 53.0 Å². The average Bonchev–Trinajstić information content (AvgIpc) is 3.21. The second-order valence-corrected chi connectivity index (χ2v) is 7.77. The summed E-state index contributed by atoms with van der Waals surface area (Å²) in [5, 5.41) is 5.67. The molecule has 1 fully saturated rings. The van der Waals surface area contributed by atoms with Crippen molar-refractivity contribution in [2.24, 2.45) is 0 Å². The van der Waals surface area contributed by atoms with Gasteiger partial charge in [-0.05, 0) is 37.2 Å². The average molecular weight is 372 g/mol. The summed E-state index contributed by atoms with van der Waals surface area (Å²) < 4.78 is 5.85. The molecular weight excluding hydrogens is 350 g/mol. The zero-order valence-corrected chi connectivity index (χ0v) is 15.7. The number of hydrogen-bond acceptors (Lipinski definition) is 5. The minimum Gasteiger partial charge on any atom is -0.303 e. The first-order valence-corrected chi connectivity index (χ1v) is 9.81. The summed E-state index contributed by atoms with van der Waals surface area (Å²) in [4.78, 5) is 7.35. The van der Waals surface area contributed by atoms with Crippen molar-refractivity contribution in [3.8, 4) is 0 Å². The van der Waals surface area contributed by atoms with Crippen LogP contribution in [0.3, 0.4) is 0 Å². The largest absolute Gasteiger partial charge is 0.303 e. The number of benzene rings is 1. The van der Waals surface area contributed by atoms with Crippen molar-refractivity contribution in [2.75, 3.05) is 6.54 Å². The summed E-state index contributed by atoms with van der Waals surface area (Å²) in [5.74, 6) is 0. The third-order valence-corrected chi connectivity index (χ3v) is 6.23. The highest BCUT2D eigenvalue weighted by molar-refractivity contribution is 7.71. The molecule has 1 aliphatic rings. The maximum absolute atomic E-state index is 5.54. The molecule has 130 valence electrons. The van der Waals surface area contributed by atoms with E-state index in [9.17, 15) is 0 Å². The van der Waals surface area contributed by atoms with Crippen LogP contribution in [0.4, 0.5) is 0 Å². The van der Waals surface area contributed by atoms with E-state index >= 15 is 0 Å². The standard InChI is InChI=1S/C18H21N5S2/c1-2-10-21-12-19-23(18(21)24)13-22-11-6-5-8-15(22)17-20-14-7-3-4-9-16(14)25-17/h2-4,7,9,12,15H,1,5-6,8,10-11,13H2/t15-/m1/s1. The molecule has 0 saturated carbocycles. The van der Waals surface area contributed by atoms with E-state index < -0.39 is 0 Å². The number of likely N-dealkylation sites (tertiary alicyclic amines) is 1. The van der Waals surface area contributed by atoms with Crippen molar-refractivity contribution in [1.82, 2.24) is 24.2 Å². The van der Waals surface area contributed by atoms with Gasteiger partial charge in [0.2, 0.25) is 0 Å². The first kappa shape index (κ1) is 16.6. The van der Waals surface area contributed by atoms with Crippen LogP contribution in [0.15, 0.2) is 43.2 Å². The summed E-state index contributed by atoms with van der Waals surface area (Å²) in [6, 6.07) is 8.72. The number of hydrogen-bond donors (Lipinski definition) is 0. The predicted molar refractivity (Wildman–Crippen MR) is 104 cm³/mol. The van der Waals surface area contributed by atoms with Crippen LogP contribution in [0, 0.1) is 4.77 Å². The molecule has 1 saturated heterocycles. The Kier molecular flexibility index (Phi) is 4.78. The fourth-order valence-electron chi connectivity index (χ4n) is 3.38. The third-order valence-electron chi connectivity index (χ3n) is 4.65. The van der Waals surface area contributed by atoms with Crippen molar-refractivity contribution < 1.29 is 0 Å². The fraction of sp³-hybridized carbons (Fsp3) is 0.389. The molecular formula is C18H21N5S2. The SMILES string of the molecule is C=CCn1cnn(CN2CCCC[C@@H]2c2nc3ccccc3s2)c1=S. The minimum atomic E-state index is 0.345. The number of allylic oxidation sites excluding steroid dienone is 1. The van der Waals surface area contributed by atoms with Gasteiger partial charge >= 0.3 is 0 Å². The van der Waals surface area contributed by atoms with Crippen molar-refractivity contribution in [1.29, 1.82) is 0 Å². The highest BCUT2D eigenvalue weighted by Crippen LogP contribution is 2.35. The maximum atomic E-state index is 5.54. The van der Waals surface area contributed by atoms with E-state index in [0.717, 1.165) is 23.3 Å². The van der Waals surface area contributed by atoms with Crippen LogP contribution in [-0.4, -0.2) is 30.8 Å². The highest BCUT2D eigenvalue weighted by atomic mass is 32.1. The number of piperidine rings is 1. The topological polar surface area (TPSA) is 38.9 Å². The lowest BCUT2D eigenvalue weighted by molar-refractivity contribution is 0.103. The van der Waals surface area contributed by atoms with E-state index in [0.29, 0.717) is 19.3 Å². The smallest absolute Gasteiger partial charge is 0.199 e.